The van der Waals surface area contributed by atoms with E-state index in [4.69, 9.17) is 0 Å². The van der Waals surface area contributed by atoms with Crippen LogP contribution in [0.5, 0.6) is 0 Å². The molecule has 21 heavy (non-hydrogen) atoms. The second kappa shape index (κ2) is 8.04. The summed E-state index contributed by atoms with van der Waals surface area (Å²) in [5.41, 5.74) is 1.90. The molecule has 1 saturated heterocycles. The molecule has 1 aliphatic rings. The van der Waals surface area contributed by atoms with E-state index in [9.17, 15) is 4.39 Å². The summed E-state index contributed by atoms with van der Waals surface area (Å²) >= 11 is 2.04. The largest absolute Gasteiger partial charge is 0.369 e. The van der Waals surface area contributed by atoms with Gasteiger partial charge >= 0.3 is 0 Å². The summed E-state index contributed by atoms with van der Waals surface area (Å²) in [6, 6.07) is 5.55. The Balaban J connectivity index is 2.24. The van der Waals surface area contributed by atoms with E-state index in [2.05, 4.69) is 37.1 Å². The third-order valence-corrected chi connectivity index (χ3v) is 5.47. The van der Waals surface area contributed by atoms with Crippen molar-refractivity contribution in [1.29, 1.82) is 0 Å². The van der Waals surface area contributed by atoms with Crippen LogP contribution in [-0.4, -0.2) is 30.6 Å². The minimum absolute atomic E-state index is 0.0517. The normalized spacial score (nSPS) is 20.6. The fourth-order valence-electron chi connectivity index (χ4n) is 2.88. The van der Waals surface area contributed by atoms with Crippen LogP contribution in [0, 0.1) is 5.82 Å². The van der Waals surface area contributed by atoms with Gasteiger partial charge in [0.2, 0.25) is 0 Å². The maximum atomic E-state index is 14.4. The number of rotatable bonds is 6. The topological polar surface area (TPSA) is 15.3 Å². The fraction of sp³-hybridized carbons (Fsp3) is 0.647. The third kappa shape index (κ3) is 4.13. The van der Waals surface area contributed by atoms with E-state index in [-0.39, 0.29) is 11.9 Å². The van der Waals surface area contributed by atoms with E-state index < -0.39 is 0 Å². The summed E-state index contributed by atoms with van der Waals surface area (Å²) in [6.07, 6.45) is 2.24. The molecule has 1 N–H and O–H groups in total. The van der Waals surface area contributed by atoms with Crippen molar-refractivity contribution >= 4 is 17.4 Å². The highest BCUT2D eigenvalue weighted by molar-refractivity contribution is 8.00. The number of halogens is 1. The van der Waals surface area contributed by atoms with Crippen LogP contribution >= 0.6 is 11.8 Å². The van der Waals surface area contributed by atoms with Crippen molar-refractivity contribution in [2.75, 3.05) is 30.3 Å². The fourth-order valence-corrected chi connectivity index (χ4v) is 4.06. The molecule has 0 amide bonds. The van der Waals surface area contributed by atoms with E-state index in [1.165, 1.54) is 6.42 Å². The molecule has 0 spiro atoms. The van der Waals surface area contributed by atoms with Crippen LogP contribution in [-0.2, 0) is 0 Å². The molecule has 0 aliphatic carbocycles. The van der Waals surface area contributed by atoms with Crippen molar-refractivity contribution in [2.24, 2.45) is 0 Å². The number of anilines is 1. The monoisotopic (exact) mass is 310 g/mol. The molecule has 2 atom stereocenters. The van der Waals surface area contributed by atoms with Gasteiger partial charge in [-0.05, 0) is 38.4 Å². The zero-order valence-electron chi connectivity index (χ0n) is 13.4. The van der Waals surface area contributed by atoms with Crippen molar-refractivity contribution in [1.82, 2.24) is 5.32 Å². The lowest BCUT2D eigenvalue weighted by Gasteiger charge is -2.36. The third-order valence-electron chi connectivity index (χ3n) is 4.10. The molecule has 0 radical (unpaired) electrons. The van der Waals surface area contributed by atoms with Gasteiger partial charge in [0.1, 0.15) is 5.82 Å². The zero-order valence-corrected chi connectivity index (χ0v) is 14.2. The van der Waals surface area contributed by atoms with E-state index in [0.717, 1.165) is 43.1 Å². The standard InChI is InChI=1S/C17H27FN2S/c1-4-9-19-13(3)17-15(18)7-6-8-16(17)20-10-11-21-14(5-2)12-20/h6-8,13-14,19H,4-5,9-12H2,1-3H3. The van der Waals surface area contributed by atoms with Gasteiger partial charge < -0.3 is 10.2 Å². The van der Waals surface area contributed by atoms with Gasteiger partial charge in [0.15, 0.2) is 0 Å². The molecule has 2 unspecified atom stereocenters. The molecule has 1 aromatic carbocycles. The Morgan fingerprint density at radius 3 is 2.95 bits per heavy atom. The first-order valence-corrected chi connectivity index (χ1v) is 9.10. The molecule has 2 nitrogen and oxygen atoms in total. The molecule has 1 heterocycles. The van der Waals surface area contributed by atoms with Crippen LogP contribution in [0.25, 0.3) is 0 Å². The Kier molecular flexibility index (Phi) is 6.37. The first kappa shape index (κ1) is 16.6. The van der Waals surface area contributed by atoms with Crippen LogP contribution in [0.15, 0.2) is 18.2 Å². The molecular formula is C17H27FN2S. The van der Waals surface area contributed by atoms with Gasteiger partial charge in [0, 0.05) is 41.4 Å². The maximum absolute atomic E-state index is 14.4. The number of benzene rings is 1. The molecule has 1 aliphatic heterocycles. The smallest absolute Gasteiger partial charge is 0.130 e. The number of nitrogens with zero attached hydrogens (tertiary/aromatic N) is 1. The van der Waals surface area contributed by atoms with Gasteiger partial charge in [0.05, 0.1) is 0 Å². The minimum Gasteiger partial charge on any atom is -0.369 e. The summed E-state index contributed by atoms with van der Waals surface area (Å²) in [5, 5.41) is 4.08. The molecular weight excluding hydrogens is 283 g/mol. The van der Waals surface area contributed by atoms with Crippen LogP contribution < -0.4 is 10.2 Å². The summed E-state index contributed by atoms with van der Waals surface area (Å²) < 4.78 is 14.4. The van der Waals surface area contributed by atoms with Crippen molar-refractivity contribution in [2.45, 2.75) is 44.9 Å². The second-order valence-corrected chi connectivity index (χ2v) is 7.10. The van der Waals surface area contributed by atoms with Crippen molar-refractivity contribution in [3.63, 3.8) is 0 Å². The van der Waals surface area contributed by atoms with Gasteiger partial charge in [-0.2, -0.15) is 11.8 Å². The highest BCUT2D eigenvalue weighted by Crippen LogP contribution is 2.32. The zero-order chi connectivity index (χ0) is 15.2. The lowest BCUT2D eigenvalue weighted by Crippen LogP contribution is -2.39. The van der Waals surface area contributed by atoms with Crippen molar-refractivity contribution < 1.29 is 4.39 Å². The van der Waals surface area contributed by atoms with Crippen LogP contribution in [0.1, 0.15) is 45.2 Å². The average Bonchev–Trinajstić information content (AvgIpc) is 2.52. The maximum Gasteiger partial charge on any atom is 0.130 e. The van der Waals surface area contributed by atoms with Gasteiger partial charge in [-0.25, -0.2) is 4.39 Å². The first-order chi connectivity index (χ1) is 10.2. The highest BCUT2D eigenvalue weighted by Gasteiger charge is 2.24. The van der Waals surface area contributed by atoms with Crippen LogP contribution in [0.4, 0.5) is 10.1 Å². The number of hydrogen-bond donors (Lipinski definition) is 1. The van der Waals surface area contributed by atoms with Gasteiger partial charge in [-0.1, -0.05) is 19.9 Å². The van der Waals surface area contributed by atoms with Crippen molar-refractivity contribution in [3.05, 3.63) is 29.6 Å². The van der Waals surface area contributed by atoms with Gasteiger partial charge in [-0.15, -0.1) is 0 Å². The molecule has 0 bridgehead atoms. The first-order valence-electron chi connectivity index (χ1n) is 8.05. The Hall–Kier alpha value is -0.740. The van der Waals surface area contributed by atoms with Crippen LogP contribution in [0.3, 0.4) is 0 Å². The quantitative estimate of drug-likeness (QED) is 0.847. The molecule has 118 valence electrons. The summed E-state index contributed by atoms with van der Waals surface area (Å²) in [4.78, 5) is 2.37. The Morgan fingerprint density at radius 1 is 1.43 bits per heavy atom. The van der Waals surface area contributed by atoms with Gasteiger partial charge in [0.25, 0.3) is 0 Å². The number of hydrogen-bond acceptors (Lipinski definition) is 3. The van der Waals surface area contributed by atoms with E-state index >= 15 is 0 Å². The molecule has 2 rings (SSSR count). The van der Waals surface area contributed by atoms with Crippen molar-refractivity contribution in [3.8, 4) is 0 Å². The SMILES string of the molecule is CCCNC(C)c1c(F)cccc1N1CCSC(CC)C1. The van der Waals surface area contributed by atoms with E-state index in [1.54, 1.807) is 6.07 Å². The average molecular weight is 310 g/mol. The number of thioether (sulfide) groups is 1. The number of nitrogens with one attached hydrogen (secondary N) is 1. The molecule has 0 saturated carbocycles. The second-order valence-electron chi connectivity index (χ2n) is 5.70. The Morgan fingerprint density at radius 2 is 2.24 bits per heavy atom. The lowest BCUT2D eigenvalue weighted by molar-refractivity contribution is 0.525. The Labute approximate surface area is 132 Å². The molecule has 1 fully saturated rings. The Bertz CT molecular complexity index is 452. The lowest BCUT2D eigenvalue weighted by atomic mass is 10.0. The summed E-state index contributed by atoms with van der Waals surface area (Å²) in [7, 11) is 0. The summed E-state index contributed by atoms with van der Waals surface area (Å²) in [6.45, 7) is 9.39. The highest BCUT2D eigenvalue weighted by atomic mass is 32.2. The van der Waals surface area contributed by atoms with Gasteiger partial charge in [-0.3, -0.25) is 0 Å². The predicted octanol–water partition coefficient (Wildman–Crippen LogP) is 4.22. The molecule has 1 aromatic rings. The van der Waals surface area contributed by atoms with E-state index in [0.29, 0.717) is 5.25 Å². The predicted molar refractivity (Wildman–Crippen MR) is 91.9 cm³/mol. The molecule has 0 aromatic heterocycles. The molecule has 4 heteroatoms. The van der Waals surface area contributed by atoms with E-state index in [1.807, 2.05) is 17.8 Å². The summed E-state index contributed by atoms with van der Waals surface area (Å²) in [5.74, 6) is 1.04. The van der Waals surface area contributed by atoms with Crippen LogP contribution in [0.2, 0.25) is 0 Å². The minimum atomic E-state index is -0.0881.